The summed E-state index contributed by atoms with van der Waals surface area (Å²) in [5, 5.41) is 12.8. The maximum atomic E-state index is 13.1. The summed E-state index contributed by atoms with van der Waals surface area (Å²) >= 11 is 1.38. The standard InChI is InChI=1S/C22H30N2O8S/c1-10-17-16(11(2)25)20(27)24(17)18(19(10)33-14-8-15(26)23-9-14)21(28)30-12(3)31-22(29)32-13-6-4-5-7-13/h10-14,16-17,25H,4-9H2,1-3H3,(H,23,26)/t10?,11?,12?,14?,16?,17-/m1/s1. The molecule has 5 unspecified atom stereocenters. The van der Waals surface area contributed by atoms with E-state index in [0.29, 0.717) is 17.9 Å². The molecular formula is C22H30N2O8S. The molecule has 2 N–H and O–H groups in total. The lowest BCUT2D eigenvalue weighted by atomic mass is 9.79. The Bertz CT molecular complexity index is 868. The molecule has 3 heterocycles. The molecule has 0 radical (unpaired) electrons. The Kier molecular flexibility index (Phi) is 6.90. The molecule has 1 saturated carbocycles. The minimum absolute atomic E-state index is 0.0631. The predicted octanol–water partition coefficient (Wildman–Crippen LogP) is 1.66. The summed E-state index contributed by atoms with van der Waals surface area (Å²) in [4.78, 5) is 51.6. The van der Waals surface area contributed by atoms with E-state index in [1.165, 1.54) is 23.6 Å². The van der Waals surface area contributed by atoms with Crippen molar-refractivity contribution in [2.45, 2.75) is 82.7 Å². The van der Waals surface area contributed by atoms with Crippen molar-refractivity contribution in [1.82, 2.24) is 10.2 Å². The number of nitrogens with zero attached hydrogens (tertiary/aromatic N) is 1. The quantitative estimate of drug-likeness (QED) is 0.316. The Labute approximate surface area is 196 Å². The number of β-lactam (4-membered cyclic amide) rings is 1. The third-order valence-corrected chi connectivity index (χ3v) is 8.12. The fourth-order valence-electron chi connectivity index (χ4n) is 5.05. The number of carbonyl (C=O) groups is 4. The summed E-state index contributed by atoms with van der Waals surface area (Å²) in [7, 11) is 0. The first-order chi connectivity index (χ1) is 15.7. The van der Waals surface area contributed by atoms with Crippen LogP contribution in [-0.2, 0) is 28.6 Å². The molecule has 2 saturated heterocycles. The molecule has 1 aliphatic carbocycles. The number of nitrogens with one attached hydrogen (secondary N) is 1. The van der Waals surface area contributed by atoms with E-state index >= 15 is 0 Å². The van der Waals surface area contributed by atoms with E-state index in [-0.39, 0.29) is 40.8 Å². The molecule has 3 aliphatic heterocycles. The molecule has 10 nitrogen and oxygen atoms in total. The van der Waals surface area contributed by atoms with Crippen LogP contribution < -0.4 is 5.32 Å². The van der Waals surface area contributed by atoms with Crippen LogP contribution in [0.2, 0.25) is 0 Å². The van der Waals surface area contributed by atoms with E-state index in [0.717, 1.165) is 25.7 Å². The average Bonchev–Trinajstić information content (AvgIpc) is 3.42. The third-order valence-electron chi connectivity index (χ3n) is 6.64. The summed E-state index contributed by atoms with van der Waals surface area (Å²) in [6.07, 6.45) is 0.740. The van der Waals surface area contributed by atoms with Crippen molar-refractivity contribution in [2.24, 2.45) is 11.8 Å². The molecule has 4 rings (SSSR count). The van der Waals surface area contributed by atoms with Gasteiger partial charge in [0.15, 0.2) is 0 Å². The first kappa shape index (κ1) is 23.9. The van der Waals surface area contributed by atoms with Gasteiger partial charge in [-0.15, -0.1) is 11.8 Å². The minimum Gasteiger partial charge on any atom is -0.431 e. The van der Waals surface area contributed by atoms with Crippen LogP contribution in [0.5, 0.6) is 0 Å². The van der Waals surface area contributed by atoms with Crippen molar-refractivity contribution in [1.29, 1.82) is 0 Å². The zero-order valence-electron chi connectivity index (χ0n) is 18.9. The summed E-state index contributed by atoms with van der Waals surface area (Å²) in [5.41, 5.74) is 0.0957. The van der Waals surface area contributed by atoms with Crippen LogP contribution in [0.4, 0.5) is 4.79 Å². The van der Waals surface area contributed by atoms with Gasteiger partial charge < -0.3 is 29.5 Å². The number of thioether (sulfide) groups is 1. The number of ether oxygens (including phenoxy) is 3. The highest BCUT2D eigenvalue weighted by Crippen LogP contribution is 2.52. The molecule has 2 amide bonds. The monoisotopic (exact) mass is 482 g/mol. The van der Waals surface area contributed by atoms with Gasteiger partial charge in [0, 0.05) is 36.0 Å². The smallest absolute Gasteiger partial charge is 0.431 e. The summed E-state index contributed by atoms with van der Waals surface area (Å²) < 4.78 is 15.7. The number of hydrogen-bond donors (Lipinski definition) is 2. The number of aliphatic hydroxyl groups is 1. The van der Waals surface area contributed by atoms with Gasteiger partial charge in [-0.25, -0.2) is 9.59 Å². The van der Waals surface area contributed by atoms with Crippen LogP contribution in [0.3, 0.4) is 0 Å². The van der Waals surface area contributed by atoms with E-state index in [2.05, 4.69) is 5.32 Å². The highest BCUT2D eigenvalue weighted by molar-refractivity contribution is 8.03. The van der Waals surface area contributed by atoms with E-state index in [1.54, 1.807) is 6.92 Å². The molecule has 11 heteroatoms. The van der Waals surface area contributed by atoms with Crippen molar-refractivity contribution in [3.63, 3.8) is 0 Å². The second-order valence-corrected chi connectivity index (χ2v) is 10.4. The van der Waals surface area contributed by atoms with Crippen LogP contribution in [0.15, 0.2) is 10.6 Å². The van der Waals surface area contributed by atoms with Crippen LogP contribution in [-0.4, -0.2) is 70.3 Å². The summed E-state index contributed by atoms with van der Waals surface area (Å²) in [5.74, 6) is -2.03. The maximum absolute atomic E-state index is 13.1. The van der Waals surface area contributed by atoms with Gasteiger partial charge in [-0.3, -0.25) is 9.59 Å². The van der Waals surface area contributed by atoms with Gasteiger partial charge in [0.25, 0.3) is 0 Å². The predicted molar refractivity (Wildman–Crippen MR) is 116 cm³/mol. The van der Waals surface area contributed by atoms with E-state index in [9.17, 15) is 24.3 Å². The van der Waals surface area contributed by atoms with Crippen molar-refractivity contribution >= 4 is 35.7 Å². The number of fused-ring (bicyclic) bond motifs is 1. The Morgan fingerprint density at radius 2 is 1.88 bits per heavy atom. The van der Waals surface area contributed by atoms with E-state index < -0.39 is 30.4 Å². The van der Waals surface area contributed by atoms with Crippen LogP contribution >= 0.6 is 11.8 Å². The number of amides is 2. The fourth-order valence-corrected chi connectivity index (χ4v) is 6.45. The van der Waals surface area contributed by atoms with Gasteiger partial charge in [0.2, 0.25) is 18.1 Å². The summed E-state index contributed by atoms with van der Waals surface area (Å²) in [6.45, 7) is 5.33. The van der Waals surface area contributed by atoms with Crippen molar-refractivity contribution < 1.29 is 38.5 Å². The normalized spacial score (nSPS) is 31.1. The van der Waals surface area contributed by atoms with Gasteiger partial charge in [-0.2, -0.15) is 0 Å². The molecule has 3 fully saturated rings. The molecule has 6 atom stereocenters. The highest BCUT2D eigenvalue weighted by atomic mass is 32.2. The van der Waals surface area contributed by atoms with Crippen LogP contribution in [0, 0.1) is 11.8 Å². The number of rotatable bonds is 7. The topological polar surface area (TPSA) is 131 Å². The lowest BCUT2D eigenvalue weighted by Gasteiger charge is -2.46. The van der Waals surface area contributed by atoms with E-state index in [1.807, 2.05) is 6.92 Å². The SMILES string of the molecule is CC(OC(=O)OC1CCCC1)OC(=O)C1=C(SC2CNC(=O)C2)C(C)[C@@H]2C(C(C)O)C(=O)N12. The molecular weight excluding hydrogens is 452 g/mol. The molecule has 0 bridgehead atoms. The maximum Gasteiger partial charge on any atom is 0.511 e. The second-order valence-electron chi connectivity index (χ2n) is 9.08. The van der Waals surface area contributed by atoms with Crippen molar-refractivity contribution in [3.05, 3.63) is 10.6 Å². The van der Waals surface area contributed by atoms with Crippen LogP contribution in [0.1, 0.15) is 52.9 Å². The minimum atomic E-state index is -1.21. The Hall–Kier alpha value is -2.27. The van der Waals surface area contributed by atoms with Crippen LogP contribution in [0.25, 0.3) is 0 Å². The second kappa shape index (κ2) is 9.54. The highest BCUT2D eigenvalue weighted by Gasteiger charge is 2.60. The number of esters is 1. The molecule has 0 aromatic rings. The molecule has 33 heavy (non-hydrogen) atoms. The first-order valence-electron chi connectivity index (χ1n) is 11.4. The lowest BCUT2D eigenvalue weighted by Crippen LogP contribution is -2.63. The third kappa shape index (κ3) is 4.70. The van der Waals surface area contributed by atoms with Gasteiger partial charge in [-0.1, -0.05) is 6.92 Å². The Morgan fingerprint density at radius 3 is 2.48 bits per heavy atom. The largest absolute Gasteiger partial charge is 0.511 e. The Balaban J connectivity index is 1.47. The molecule has 0 aromatic carbocycles. The van der Waals surface area contributed by atoms with Gasteiger partial charge in [-0.05, 0) is 32.6 Å². The van der Waals surface area contributed by atoms with E-state index in [4.69, 9.17) is 14.2 Å². The molecule has 182 valence electrons. The van der Waals surface area contributed by atoms with Gasteiger partial charge >= 0.3 is 12.1 Å². The number of carbonyl (C=O) groups excluding carboxylic acids is 4. The molecule has 0 aromatic heterocycles. The average molecular weight is 483 g/mol. The fraction of sp³-hybridized carbons (Fsp3) is 0.727. The number of aliphatic hydroxyl groups excluding tert-OH is 1. The van der Waals surface area contributed by atoms with Gasteiger partial charge in [0.05, 0.1) is 18.1 Å². The zero-order valence-corrected chi connectivity index (χ0v) is 19.8. The van der Waals surface area contributed by atoms with Crippen molar-refractivity contribution in [2.75, 3.05) is 6.54 Å². The first-order valence-corrected chi connectivity index (χ1v) is 12.3. The van der Waals surface area contributed by atoms with Crippen molar-refractivity contribution in [3.8, 4) is 0 Å². The zero-order chi connectivity index (χ0) is 23.9. The number of hydrogen-bond acceptors (Lipinski definition) is 9. The molecule has 4 aliphatic rings. The lowest BCUT2D eigenvalue weighted by molar-refractivity contribution is -0.174. The van der Waals surface area contributed by atoms with Gasteiger partial charge in [0.1, 0.15) is 11.8 Å². The molecule has 0 spiro atoms. The summed E-state index contributed by atoms with van der Waals surface area (Å²) in [6, 6.07) is -0.365. The Morgan fingerprint density at radius 1 is 1.18 bits per heavy atom.